The molecule has 1 unspecified atom stereocenters. The number of fused-ring (bicyclic) bond motifs is 2. The monoisotopic (exact) mass is 457 g/mol. The Morgan fingerprint density at radius 2 is 2.12 bits per heavy atom. The van der Waals surface area contributed by atoms with Crippen LogP contribution < -0.4 is 5.73 Å². The highest BCUT2D eigenvalue weighted by molar-refractivity contribution is 5.91. The van der Waals surface area contributed by atoms with Crippen molar-refractivity contribution in [3.05, 3.63) is 54.1 Å². The SMILES string of the molecule is C=CC(=O)N1CCC(n2nc(C#Cc3cc4nc(C5CC5)oc4cc3F)c3c(N)ncnc32)C1. The topological polar surface area (TPSA) is 116 Å². The van der Waals surface area contributed by atoms with E-state index in [1.807, 2.05) is 0 Å². The van der Waals surface area contributed by atoms with Crippen molar-refractivity contribution in [3.8, 4) is 11.8 Å². The van der Waals surface area contributed by atoms with Crippen LogP contribution in [0.1, 0.15) is 48.4 Å². The first kappa shape index (κ1) is 20.4. The Kier molecular flexibility index (Phi) is 4.58. The van der Waals surface area contributed by atoms with Gasteiger partial charge in [-0.25, -0.2) is 24.0 Å². The number of anilines is 1. The van der Waals surface area contributed by atoms with Crippen molar-refractivity contribution in [1.29, 1.82) is 0 Å². The van der Waals surface area contributed by atoms with E-state index in [1.54, 1.807) is 15.6 Å². The van der Waals surface area contributed by atoms with Gasteiger partial charge in [0, 0.05) is 25.1 Å². The lowest BCUT2D eigenvalue weighted by molar-refractivity contribution is -0.125. The normalized spacial score (nSPS) is 17.8. The first-order valence-corrected chi connectivity index (χ1v) is 11.0. The largest absolute Gasteiger partial charge is 0.440 e. The molecule has 3 aromatic heterocycles. The van der Waals surface area contributed by atoms with Crippen LogP contribution in [0, 0.1) is 17.7 Å². The summed E-state index contributed by atoms with van der Waals surface area (Å²) in [7, 11) is 0. The van der Waals surface area contributed by atoms with Crippen molar-refractivity contribution in [2.75, 3.05) is 18.8 Å². The number of rotatable bonds is 3. The lowest BCUT2D eigenvalue weighted by Crippen LogP contribution is -2.27. The highest BCUT2D eigenvalue weighted by atomic mass is 19.1. The molecule has 1 aliphatic carbocycles. The van der Waals surface area contributed by atoms with Gasteiger partial charge in [-0.3, -0.25) is 4.79 Å². The molecule has 0 bridgehead atoms. The number of nitrogen functional groups attached to an aromatic ring is 1. The third-order valence-corrected chi connectivity index (χ3v) is 6.25. The lowest BCUT2D eigenvalue weighted by atomic mass is 10.2. The fourth-order valence-corrected chi connectivity index (χ4v) is 4.30. The van der Waals surface area contributed by atoms with Gasteiger partial charge in [-0.2, -0.15) is 5.10 Å². The molecule has 9 nitrogen and oxygen atoms in total. The molecular formula is C24H20FN7O2. The second kappa shape index (κ2) is 7.66. The van der Waals surface area contributed by atoms with E-state index < -0.39 is 5.82 Å². The van der Waals surface area contributed by atoms with E-state index in [2.05, 4.69) is 38.5 Å². The predicted octanol–water partition coefficient (Wildman–Crippen LogP) is 2.93. The molecule has 2 N–H and O–H groups in total. The molecule has 10 heteroatoms. The Bertz CT molecular complexity index is 1540. The second-order valence-electron chi connectivity index (χ2n) is 8.56. The number of aromatic nitrogens is 5. The number of halogens is 1. The summed E-state index contributed by atoms with van der Waals surface area (Å²) in [4.78, 5) is 26.6. The van der Waals surface area contributed by atoms with E-state index in [1.165, 1.54) is 18.5 Å². The highest BCUT2D eigenvalue weighted by Gasteiger charge is 2.30. The number of hydrogen-bond donors (Lipinski definition) is 1. The molecule has 0 spiro atoms. The van der Waals surface area contributed by atoms with Crippen molar-refractivity contribution in [2.24, 2.45) is 0 Å². The number of carbonyl (C=O) groups is 1. The van der Waals surface area contributed by atoms with Crippen LogP contribution in [0.3, 0.4) is 0 Å². The number of amides is 1. The minimum absolute atomic E-state index is 0.0969. The summed E-state index contributed by atoms with van der Waals surface area (Å²) >= 11 is 0. The molecular weight excluding hydrogens is 437 g/mol. The molecule has 1 atom stereocenters. The van der Waals surface area contributed by atoms with E-state index in [9.17, 15) is 9.18 Å². The summed E-state index contributed by atoms with van der Waals surface area (Å²) in [5, 5.41) is 5.14. The van der Waals surface area contributed by atoms with Gasteiger partial charge >= 0.3 is 0 Å². The smallest absolute Gasteiger partial charge is 0.246 e. The summed E-state index contributed by atoms with van der Waals surface area (Å²) in [5.41, 5.74) is 8.17. The number of carbonyl (C=O) groups excluding carboxylic acids is 1. The summed E-state index contributed by atoms with van der Waals surface area (Å²) in [6, 6.07) is 2.80. The zero-order valence-electron chi connectivity index (χ0n) is 18.2. The molecule has 1 amide bonds. The Morgan fingerprint density at radius 3 is 2.91 bits per heavy atom. The molecule has 2 fully saturated rings. The van der Waals surface area contributed by atoms with Crippen LogP contribution in [0.4, 0.5) is 10.2 Å². The van der Waals surface area contributed by atoms with Gasteiger partial charge in [0.15, 0.2) is 17.1 Å². The van der Waals surface area contributed by atoms with Gasteiger partial charge in [-0.05, 0) is 37.3 Å². The van der Waals surface area contributed by atoms with Crippen LogP contribution in [-0.2, 0) is 4.79 Å². The van der Waals surface area contributed by atoms with Gasteiger partial charge in [0.25, 0.3) is 0 Å². The molecule has 2 aliphatic rings. The van der Waals surface area contributed by atoms with Crippen molar-refractivity contribution in [2.45, 2.75) is 31.2 Å². The number of nitrogens with two attached hydrogens (primary N) is 1. The Balaban J connectivity index is 1.39. The molecule has 1 saturated carbocycles. The van der Waals surface area contributed by atoms with Crippen LogP contribution in [0.2, 0.25) is 0 Å². The summed E-state index contributed by atoms with van der Waals surface area (Å²) in [6.07, 6.45) is 5.45. The lowest BCUT2D eigenvalue weighted by Gasteiger charge is -2.14. The molecule has 34 heavy (non-hydrogen) atoms. The number of oxazole rings is 1. The van der Waals surface area contributed by atoms with Gasteiger partial charge < -0.3 is 15.1 Å². The van der Waals surface area contributed by atoms with Gasteiger partial charge in [0.05, 0.1) is 17.0 Å². The van der Waals surface area contributed by atoms with Gasteiger partial charge in [0.2, 0.25) is 5.91 Å². The fourth-order valence-electron chi connectivity index (χ4n) is 4.30. The number of likely N-dealkylation sites (tertiary alicyclic amines) is 1. The summed E-state index contributed by atoms with van der Waals surface area (Å²) < 4.78 is 22.1. The van der Waals surface area contributed by atoms with Crippen molar-refractivity contribution < 1.29 is 13.6 Å². The third-order valence-electron chi connectivity index (χ3n) is 6.25. The van der Waals surface area contributed by atoms with Crippen LogP contribution in [0.15, 0.2) is 35.5 Å². The Morgan fingerprint density at radius 1 is 1.26 bits per heavy atom. The number of hydrogen-bond acceptors (Lipinski definition) is 7. The van der Waals surface area contributed by atoms with Crippen LogP contribution in [0.25, 0.3) is 22.1 Å². The minimum atomic E-state index is -0.499. The molecule has 4 aromatic rings. The molecule has 170 valence electrons. The summed E-state index contributed by atoms with van der Waals surface area (Å²) in [6.45, 7) is 4.61. The van der Waals surface area contributed by atoms with E-state index in [-0.39, 0.29) is 23.3 Å². The first-order chi connectivity index (χ1) is 16.5. The van der Waals surface area contributed by atoms with E-state index in [0.29, 0.717) is 59.1 Å². The third kappa shape index (κ3) is 3.37. The van der Waals surface area contributed by atoms with Crippen LogP contribution in [0.5, 0.6) is 0 Å². The maximum Gasteiger partial charge on any atom is 0.246 e. The standard InChI is InChI=1S/C24H20FN7O2/c1-2-20(33)31-8-7-15(11-31)32-23-21(22(26)27-12-28-23)17(30-32)6-5-14-9-18-19(10-16(14)25)34-24(29-18)13-3-4-13/h2,9-10,12-13,15H,1,3-4,7-8,11H2,(H2,26,27,28). The van der Waals surface area contributed by atoms with E-state index >= 15 is 0 Å². The van der Waals surface area contributed by atoms with Gasteiger partial charge in [-0.1, -0.05) is 12.5 Å². The van der Waals surface area contributed by atoms with Gasteiger partial charge in [-0.15, -0.1) is 0 Å². The molecule has 0 radical (unpaired) electrons. The fraction of sp³-hybridized carbons (Fsp3) is 0.292. The molecule has 1 saturated heterocycles. The molecule has 1 aliphatic heterocycles. The van der Waals surface area contributed by atoms with E-state index in [4.69, 9.17) is 10.2 Å². The average Bonchev–Trinajstić information content (AvgIpc) is 3.25. The minimum Gasteiger partial charge on any atom is -0.440 e. The highest BCUT2D eigenvalue weighted by Crippen LogP contribution is 2.40. The average molecular weight is 457 g/mol. The van der Waals surface area contributed by atoms with Crippen molar-refractivity contribution in [1.82, 2.24) is 29.6 Å². The van der Waals surface area contributed by atoms with Gasteiger partial charge in [0.1, 0.15) is 29.2 Å². The van der Waals surface area contributed by atoms with Crippen molar-refractivity contribution in [3.63, 3.8) is 0 Å². The molecule has 1 aromatic carbocycles. The Labute approximate surface area is 193 Å². The zero-order valence-corrected chi connectivity index (χ0v) is 18.2. The number of nitrogens with zero attached hydrogens (tertiary/aromatic N) is 6. The number of benzene rings is 1. The first-order valence-electron chi connectivity index (χ1n) is 11.0. The van der Waals surface area contributed by atoms with Crippen LogP contribution in [-0.4, -0.2) is 48.6 Å². The quantitative estimate of drug-likeness (QED) is 0.371. The predicted molar refractivity (Wildman–Crippen MR) is 122 cm³/mol. The van der Waals surface area contributed by atoms with E-state index in [0.717, 1.165) is 12.8 Å². The zero-order chi connectivity index (χ0) is 23.4. The maximum atomic E-state index is 14.7. The maximum absolute atomic E-state index is 14.7. The second-order valence-corrected chi connectivity index (χ2v) is 8.56. The van der Waals surface area contributed by atoms with Crippen molar-refractivity contribution >= 4 is 33.9 Å². The molecule has 4 heterocycles. The Hall–Kier alpha value is -4.26. The molecule has 6 rings (SSSR count). The van der Waals surface area contributed by atoms with Crippen LogP contribution >= 0.6 is 0 Å². The summed E-state index contributed by atoms with van der Waals surface area (Å²) in [5.74, 6) is 6.39.